The van der Waals surface area contributed by atoms with Crippen LogP contribution in [0.2, 0.25) is 0 Å². The van der Waals surface area contributed by atoms with Gasteiger partial charge < -0.3 is 4.42 Å². The smallest absolute Gasteiger partial charge is 0.247 e. The van der Waals surface area contributed by atoms with E-state index in [0.717, 1.165) is 0 Å². The van der Waals surface area contributed by atoms with Gasteiger partial charge in [0.2, 0.25) is 11.8 Å². The molecule has 0 saturated heterocycles. The molecule has 0 unspecified atom stereocenters. The van der Waals surface area contributed by atoms with E-state index in [1.54, 1.807) is 12.1 Å². The van der Waals surface area contributed by atoms with Crippen LogP contribution in [0, 0.1) is 5.82 Å². The highest BCUT2D eigenvalue weighted by molar-refractivity contribution is 7.80. The van der Waals surface area contributed by atoms with Gasteiger partial charge in [0.25, 0.3) is 0 Å². The predicted octanol–water partition coefficient (Wildman–Crippen LogP) is 2.35. The topological polar surface area (TPSA) is 38.9 Å². The molecule has 0 bridgehead atoms. The van der Waals surface area contributed by atoms with Gasteiger partial charge in [-0.1, -0.05) is 6.07 Å². The van der Waals surface area contributed by atoms with Gasteiger partial charge in [0.1, 0.15) is 5.82 Å². The molecule has 0 fully saturated rings. The molecule has 0 aliphatic heterocycles. The summed E-state index contributed by atoms with van der Waals surface area (Å²) in [6, 6.07) is 6.06. The summed E-state index contributed by atoms with van der Waals surface area (Å²) in [5.74, 6) is 1.18. The number of benzene rings is 1. The van der Waals surface area contributed by atoms with E-state index in [1.807, 2.05) is 0 Å². The van der Waals surface area contributed by atoms with Crippen molar-refractivity contribution in [2.24, 2.45) is 0 Å². The van der Waals surface area contributed by atoms with Crippen LogP contribution in [0.15, 0.2) is 28.7 Å². The molecule has 0 radical (unpaired) electrons. The molecule has 0 aliphatic rings. The molecule has 78 valence electrons. The first-order chi connectivity index (χ1) is 7.29. The largest absolute Gasteiger partial charge is 0.421 e. The molecule has 0 saturated carbocycles. The lowest BCUT2D eigenvalue weighted by Gasteiger charge is -1.93. The molecular weight excluding hydrogens is 215 g/mol. The molecule has 3 nitrogen and oxygen atoms in total. The van der Waals surface area contributed by atoms with Gasteiger partial charge in [0.05, 0.1) is 0 Å². The fraction of sp³-hybridized carbons (Fsp3) is 0.200. The third-order valence-electron chi connectivity index (χ3n) is 1.86. The zero-order chi connectivity index (χ0) is 10.7. The molecule has 5 heteroatoms. The van der Waals surface area contributed by atoms with Crippen molar-refractivity contribution in [3.63, 3.8) is 0 Å². The fourth-order valence-corrected chi connectivity index (χ4v) is 1.38. The Morgan fingerprint density at radius 3 is 2.93 bits per heavy atom. The molecule has 15 heavy (non-hydrogen) atoms. The Balaban J connectivity index is 2.29. The number of halogens is 1. The van der Waals surface area contributed by atoms with E-state index in [4.69, 9.17) is 4.42 Å². The summed E-state index contributed by atoms with van der Waals surface area (Å²) in [6.45, 7) is 0. The standard InChI is InChI=1S/C10H9FN2OS/c11-8-3-1-2-7(6-8)10-13-12-9(14-10)4-5-15/h1-3,6,15H,4-5H2. The summed E-state index contributed by atoms with van der Waals surface area (Å²) in [6.07, 6.45) is 0.616. The van der Waals surface area contributed by atoms with Gasteiger partial charge in [0.15, 0.2) is 0 Å². The molecular formula is C10H9FN2OS. The molecule has 0 spiro atoms. The maximum atomic E-state index is 12.9. The normalized spacial score (nSPS) is 10.5. The van der Waals surface area contributed by atoms with Crippen molar-refractivity contribution in [3.05, 3.63) is 36.0 Å². The van der Waals surface area contributed by atoms with Crippen LogP contribution in [-0.2, 0) is 6.42 Å². The second-order valence-corrected chi connectivity index (χ2v) is 3.43. The van der Waals surface area contributed by atoms with Crippen molar-refractivity contribution in [1.29, 1.82) is 0 Å². The van der Waals surface area contributed by atoms with Gasteiger partial charge >= 0.3 is 0 Å². The summed E-state index contributed by atoms with van der Waals surface area (Å²) in [5.41, 5.74) is 0.591. The lowest BCUT2D eigenvalue weighted by molar-refractivity contribution is 0.513. The zero-order valence-electron chi connectivity index (χ0n) is 7.85. The first-order valence-corrected chi connectivity index (χ1v) is 5.12. The summed E-state index contributed by atoms with van der Waals surface area (Å²) in [4.78, 5) is 0. The minimum absolute atomic E-state index is 0.318. The van der Waals surface area contributed by atoms with Gasteiger partial charge in [-0.3, -0.25) is 0 Å². The zero-order valence-corrected chi connectivity index (χ0v) is 8.75. The molecule has 0 aliphatic carbocycles. The van der Waals surface area contributed by atoms with E-state index in [1.165, 1.54) is 12.1 Å². The lowest BCUT2D eigenvalue weighted by Crippen LogP contribution is -1.84. The van der Waals surface area contributed by atoms with Gasteiger partial charge in [-0.2, -0.15) is 12.6 Å². The minimum Gasteiger partial charge on any atom is -0.421 e. The lowest BCUT2D eigenvalue weighted by atomic mass is 10.2. The molecule has 0 N–H and O–H groups in total. The monoisotopic (exact) mass is 224 g/mol. The van der Waals surface area contributed by atoms with Gasteiger partial charge in [0, 0.05) is 12.0 Å². The van der Waals surface area contributed by atoms with E-state index < -0.39 is 0 Å². The first kappa shape index (κ1) is 10.2. The van der Waals surface area contributed by atoms with E-state index in [9.17, 15) is 4.39 Å². The maximum Gasteiger partial charge on any atom is 0.247 e. The second-order valence-electron chi connectivity index (χ2n) is 2.98. The van der Waals surface area contributed by atoms with E-state index in [-0.39, 0.29) is 5.82 Å². The summed E-state index contributed by atoms with van der Waals surface area (Å²) in [5, 5.41) is 7.65. The summed E-state index contributed by atoms with van der Waals surface area (Å²) >= 11 is 4.06. The van der Waals surface area contributed by atoms with Crippen LogP contribution in [0.4, 0.5) is 4.39 Å². The van der Waals surface area contributed by atoms with Crippen LogP contribution < -0.4 is 0 Å². The van der Waals surface area contributed by atoms with Crippen molar-refractivity contribution in [2.75, 3.05) is 5.75 Å². The quantitative estimate of drug-likeness (QED) is 0.813. The predicted molar refractivity (Wildman–Crippen MR) is 57.2 cm³/mol. The number of rotatable bonds is 3. The van der Waals surface area contributed by atoms with Crippen LogP contribution in [0.1, 0.15) is 5.89 Å². The third-order valence-corrected chi connectivity index (χ3v) is 2.09. The Labute approximate surface area is 91.7 Å². The third kappa shape index (κ3) is 2.36. The van der Waals surface area contributed by atoms with Gasteiger partial charge in [-0.15, -0.1) is 10.2 Å². The SMILES string of the molecule is Fc1cccc(-c2nnc(CCS)o2)c1. The van der Waals surface area contributed by atoms with E-state index >= 15 is 0 Å². The molecule has 0 amide bonds. The van der Waals surface area contributed by atoms with Crippen LogP contribution >= 0.6 is 12.6 Å². The molecule has 1 aromatic carbocycles. The van der Waals surface area contributed by atoms with Crippen LogP contribution in [-0.4, -0.2) is 16.0 Å². The number of aryl methyl sites for hydroxylation is 1. The summed E-state index contributed by atoms with van der Waals surface area (Å²) < 4.78 is 18.2. The average molecular weight is 224 g/mol. The minimum atomic E-state index is -0.318. The van der Waals surface area contributed by atoms with Gasteiger partial charge in [-0.05, 0) is 24.0 Å². The molecule has 1 heterocycles. The molecule has 2 aromatic rings. The van der Waals surface area contributed by atoms with Crippen LogP contribution in [0.5, 0.6) is 0 Å². The van der Waals surface area contributed by atoms with Crippen molar-refractivity contribution in [2.45, 2.75) is 6.42 Å². The molecule has 2 rings (SSSR count). The number of thiol groups is 1. The molecule has 0 atom stereocenters. The first-order valence-electron chi connectivity index (χ1n) is 4.49. The van der Waals surface area contributed by atoms with Crippen LogP contribution in [0.3, 0.4) is 0 Å². The Bertz CT molecular complexity index is 458. The number of aromatic nitrogens is 2. The van der Waals surface area contributed by atoms with E-state index in [2.05, 4.69) is 22.8 Å². The van der Waals surface area contributed by atoms with Crippen LogP contribution in [0.25, 0.3) is 11.5 Å². The second kappa shape index (κ2) is 4.44. The highest BCUT2D eigenvalue weighted by Crippen LogP contribution is 2.18. The Kier molecular flexibility index (Phi) is 3.01. The van der Waals surface area contributed by atoms with Gasteiger partial charge in [-0.25, -0.2) is 4.39 Å². The Hall–Kier alpha value is -1.36. The molecule has 1 aromatic heterocycles. The number of nitrogens with zero attached hydrogens (tertiary/aromatic N) is 2. The summed E-state index contributed by atoms with van der Waals surface area (Å²) in [7, 11) is 0. The Morgan fingerprint density at radius 2 is 2.20 bits per heavy atom. The highest BCUT2D eigenvalue weighted by atomic mass is 32.1. The van der Waals surface area contributed by atoms with Crippen molar-refractivity contribution in [3.8, 4) is 11.5 Å². The van der Waals surface area contributed by atoms with E-state index in [0.29, 0.717) is 29.5 Å². The van der Waals surface area contributed by atoms with Crippen molar-refractivity contribution in [1.82, 2.24) is 10.2 Å². The number of hydrogen-bond donors (Lipinski definition) is 1. The van der Waals surface area contributed by atoms with Crippen molar-refractivity contribution < 1.29 is 8.81 Å². The average Bonchev–Trinajstić information content (AvgIpc) is 2.67. The maximum absolute atomic E-state index is 12.9. The Morgan fingerprint density at radius 1 is 1.33 bits per heavy atom. The highest BCUT2D eigenvalue weighted by Gasteiger charge is 2.08. The fourth-order valence-electron chi connectivity index (χ4n) is 1.19. The number of hydrogen-bond acceptors (Lipinski definition) is 4. The van der Waals surface area contributed by atoms with Crippen molar-refractivity contribution >= 4 is 12.6 Å².